The molecule has 1 aromatic heterocycles. The van der Waals surface area contributed by atoms with Gasteiger partial charge in [-0.15, -0.1) is 0 Å². The van der Waals surface area contributed by atoms with Crippen molar-refractivity contribution in [1.29, 1.82) is 0 Å². The quantitative estimate of drug-likeness (QED) is 0.908. The van der Waals surface area contributed by atoms with Crippen LogP contribution in [0.25, 0.3) is 0 Å². The van der Waals surface area contributed by atoms with Crippen LogP contribution in [0.3, 0.4) is 0 Å². The van der Waals surface area contributed by atoms with Crippen LogP contribution in [0.2, 0.25) is 0 Å². The van der Waals surface area contributed by atoms with Gasteiger partial charge in [0.15, 0.2) is 5.69 Å². The van der Waals surface area contributed by atoms with E-state index in [0.717, 1.165) is 6.07 Å². The lowest BCUT2D eigenvalue weighted by Crippen LogP contribution is -2.26. The maximum atomic E-state index is 12.6. The van der Waals surface area contributed by atoms with Crippen molar-refractivity contribution in [2.75, 3.05) is 7.05 Å². The van der Waals surface area contributed by atoms with Crippen molar-refractivity contribution < 1.29 is 18.0 Å². The second kappa shape index (κ2) is 5.36. The summed E-state index contributed by atoms with van der Waals surface area (Å²) in [5.74, 6) is -1.27. The van der Waals surface area contributed by atoms with Crippen molar-refractivity contribution in [1.82, 2.24) is 15.5 Å². The Hall–Kier alpha value is -2.31. The number of hydrogen-bond acceptors (Lipinski definition) is 2. The second-order valence-corrected chi connectivity index (χ2v) is 4.16. The number of H-pyrrole nitrogens is 1. The average Bonchev–Trinajstić information content (AvgIpc) is 2.89. The first-order valence-electron chi connectivity index (χ1n) is 5.82. The van der Waals surface area contributed by atoms with Gasteiger partial charge in [0.2, 0.25) is 5.91 Å². The summed E-state index contributed by atoms with van der Waals surface area (Å²) < 4.78 is 37.7. The van der Waals surface area contributed by atoms with Crippen LogP contribution in [0, 0.1) is 0 Å². The molecule has 1 amide bonds. The Kier molecular flexibility index (Phi) is 3.78. The number of rotatable bonds is 3. The molecule has 0 spiro atoms. The molecule has 0 saturated carbocycles. The van der Waals surface area contributed by atoms with Crippen molar-refractivity contribution >= 4 is 5.91 Å². The first kappa shape index (κ1) is 14.1. The molecule has 2 rings (SSSR count). The molecule has 4 nitrogen and oxygen atoms in total. The van der Waals surface area contributed by atoms with Gasteiger partial charge in [-0.2, -0.15) is 18.3 Å². The van der Waals surface area contributed by atoms with Gasteiger partial charge in [-0.1, -0.05) is 30.3 Å². The Morgan fingerprint density at radius 3 is 2.45 bits per heavy atom. The first-order chi connectivity index (χ1) is 9.43. The van der Waals surface area contributed by atoms with Crippen molar-refractivity contribution in [2.45, 2.75) is 12.1 Å². The minimum absolute atomic E-state index is 0.0999. The van der Waals surface area contributed by atoms with E-state index in [9.17, 15) is 18.0 Å². The second-order valence-electron chi connectivity index (χ2n) is 4.16. The number of alkyl halides is 3. The molecule has 0 bridgehead atoms. The lowest BCUT2D eigenvalue weighted by Gasteiger charge is -2.13. The Bertz CT molecular complexity index is 592. The highest BCUT2D eigenvalue weighted by Gasteiger charge is 2.35. The number of amides is 1. The third-order valence-corrected chi connectivity index (χ3v) is 2.84. The summed E-state index contributed by atoms with van der Waals surface area (Å²) in [6, 6.07) is 9.39. The topological polar surface area (TPSA) is 57.8 Å². The molecule has 1 aromatic carbocycles. The molecule has 20 heavy (non-hydrogen) atoms. The van der Waals surface area contributed by atoms with E-state index < -0.39 is 23.7 Å². The van der Waals surface area contributed by atoms with Gasteiger partial charge in [0.1, 0.15) is 5.92 Å². The molecule has 1 heterocycles. The number of nitrogens with zero attached hydrogens (tertiary/aromatic N) is 1. The van der Waals surface area contributed by atoms with E-state index in [4.69, 9.17) is 0 Å². The van der Waals surface area contributed by atoms with Crippen LogP contribution in [0.4, 0.5) is 13.2 Å². The van der Waals surface area contributed by atoms with E-state index in [0.29, 0.717) is 5.56 Å². The number of halogens is 3. The summed E-state index contributed by atoms with van der Waals surface area (Å²) in [7, 11) is 1.43. The van der Waals surface area contributed by atoms with E-state index >= 15 is 0 Å². The molecule has 106 valence electrons. The summed E-state index contributed by atoms with van der Waals surface area (Å²) in [6.07, 6.45) is -4.54. The number of aromatic nitrogens is 2. The molecule has 0 aliphatic rings. The zero-order valence-electron chi connectivity index (χ0n) is 10.5. The number of nitrogens with one attached hydrogen (secondary N) is 2. The Morgan fingerprint density at radius 2 is 1.95 bits per heavy atom. The van der Waals surface area contributed by atoms with Crippen LogP contribution in [-0.2, 0) is 11.0 Å². The fourth-order valence-electron chi connectivity index (χ4n) is 1.89. The van der Waals surface area contributed by atoms with E-state index in [2.05, 4.69) is 15.5 Å². The van der Waals surface area contributed by atoms with Crippen molar-refractivity contribution in [2.24, 2.45) is 0 Å². The van der Waals surface area contributed by atoms with Gasteiger partial charge in [0.05, 0.1) is 5.69 Å². The van der Waals surface area contributed by atoms with E-state index in [-0.39, 0.29) is 5.69 Å². The van der Waals surface area contributed by atoms with Gasteiger partial charge in [-0.3, -0.25) is 9.89 Å². The standard InChI is InChI=1S/C13H12F3N3O/c1-17-12(20)11(8-5-3-2-4-6-8)9-7-10(19-18-9)13(14,15)16/h2-7,11H,1H3,(H,17,20)(H,18,19). The molecule has 0 radical (unpaired) electrons. The molecular formula is C13H12F3N3O. The molecule has 0 fully saturated rings. The third kappa shape index (κ3) is 2.81. The van der Waals surface area contributed by atoms with Crippen molar-refractivity contribution in [3.05, 3.63) is 53.3 Å². The largest absolute Gasteiger partial charge is 0.435 e. The summed E-state index contributed by atoms with van der Waals surface area (Å²) in [4.78, 5) is 11.9. The smallest absolute Gasteiger partial charge is 0.358 e. The van der Waals surface area contributed by atoms with Crippen LogP contribution in [-0.4, -0.2) is 23.2 Å². The van der Waals surface area contributed by atoms with Gasteiger partial charge in [-0.05, 0) is 11.6 Å². The van der Waals surface area contributed by atoms with Crippen LogP contribution >= 0.6 is 0 Å². The average molecular weight is 283 g/mol. The van der Waals surface area contributed by atoms with Gasteiger partial charge in [-0.25, -0.2) is 0 Å². The number of aromatic amines is 1. The highest BCUT2D eigenvalue weighted by Crippen LogP contribution is 2.31. The Morgan fingerprint density at radius 1 is 1.30 bits per heavy atom. The SMILES string of the molecule is CNC(=O)C(c1ccccc1)c1cc(C(F)(F)F)n[nH]1. The lowest BCUT2D eigenvalue weighted by molar-refractivity contribution is -0.141. The van der Waals surface area contributed by atoms with E-state index in [1.807, 2.05) is 0 Å². The Labute approximate surface area is 113 Å². The monoisotopic (exact) mass is 283 g/mol. The molecular weight excluding hydrogens is 271 g/mol. The summed E-state index contributed by atoms with van der Waals surface area (Å²) in [5.41, 5.74) is -0.357. The number of carbonyl (C=O) groups excluding carboxylic acids is 1. The summed E-state index contributed by atoms with van der Waals surface area (Å²) in [5, 5.41) is 7.96. The van der Waals surface area contributed by atoms with Gasteiger partial charge >= 0.3 is 6.18 Å². The highest BCUT2D eigenvalue weighted by atomic mass is 19.4. The fourth-order valence-corrected chi connectivity index (χ4v) is 1.89. The molecule has 1 atom stereocenters. The maximum Gasteiger partial charge on any atom is 0.435 e. The molecule has 7 heteroatoms. The van der Waals surface area contributed by atoms with Crippen LogP contribution < -0.4 is 5.32 Å². The van der Waals surface area contributed by atoms with Crippen LogP contribution in [0.1, 0.15) is 22.9 Å². The molecule has 0 aliphatic heterocycles. The third-order valence-electron chi connectivity index (χ3n) is 2.84. The van der Waals surface area contributed by atoms with Crippen LogP contribution in [0.15, 0.2) is 36.4 Å². The van der Waals surface area contributed by atoms with Crippen molar-refractivity contribution in [3.63, 3.8) is 0 Å². The highest BCUT2D eigenvalue weighted by molar-refractivity contribution is 5.86. The van der Waals surface area contributed by atoms with E-state index in [1.165, 1.54) is 7.05 Å². The zero-order valence-corrected chi connectivity index (χ0v) is 10.5. The molecule has 2 aromatic rings. The molecule has 0 saturated heterocycles. The number of hydrogen-bond donors (Lipinski definition) is 2. The predicted octanol–water partition coefficient (Wildman–Crippen LogP) is 2.31. The summed E-state index contributed by atoms with van der Waals surface area (Å²) >= 11 is 0. The number of carbonyl (C=O) groups is 1. The molecule has 2 N–H and O–H groups in total. The van der Waals surface area contributed by atoms with Gasteiger partial charge in [0.25, 0.3) is 0 Å². The lowest BCUT2D eigenvalue weighted by atomic mass is 9.94. The minimum atomic E-state index is -4.54. The van der Waals surface area contributed by atoms with Gasteiger partial charge < -0.3 is 5.32 Å². The van der Waals surface area contributed by atoms with Crippen molar-refractivity contribution in [3.8, 4) is 0 Å². The minimum Gasteiger partial charge on any atom is -0.358 e. The number of likely N-dealkylation sites (N-methyl/N-ethyl adjacent to an activating group) is 1. The van der Waals surface area contributed by atoms with Crippen LogP contribution in [0.5, 0.6) is 0 Å². The molecule has 1 unspecified atom stereocenters. The normalized spacial score (nSPS) is 13.0. The Balaban J connectivity index is 2.43. The van der Waals surface area contributed by atoms with E-state index in [1.54, 1.807) is 30.3 Å². The fraction of sp³-hybridized carbons (Fsp3) is 0.231. The maximum absolute atomic E-state index is 12.6. The molecule has 0 aliphatic carbocycles. The predicted molar refractivity (Wildman–Crippen MR) is 65.9 cm³/mol. The summed E-state index contributed by atoms with van der Waals surface area (Å²) in [6.45, 7) is 0. The first-order valence-corrected chi connectivity index (χ1v) is 5.82. The van der Waals surface area contributed by atoms with Gasteiger partial charge in [0, 0.05) is 7.05 Å². The number of benzene rings is 1. The zero-order chi connectivity index (χ0) is 14.8.